The molecule has 1 rings (SSSR count). The predicted octanol–water partition coefficient (Wildman–Crippen LogP) is 4.10. The fourth-order valence-corrected chi connectivity index (χ4v) is 3.03. The van der Waals surface area contributed by atoms with E-state index in [1.165, 1.54) is 22.6 Å². The van der Waals surface area contributed by atoms with Crippen LogP contribution in [0.15, 0.2) is 17.1 Å². The minimum atomic E-state index is 0. The third-order valence-corrected chi connectivity index (χ3v) is 5.13. The second-order valence-electron chi connectivity index (χ2n) is 6.12. The molecule has 1 aromatic rings. The Hall–Kier alpha value is -0.340. The zero-order valence-corrected chi connectivity index (χ0v) is 19.0. The molecule has 24 heavy (non-hydrogen) atoms. The molecular formula is C18H35IN4S. The Morgan fingerprint density at radius 1 is 1.17 bits per heavy atom. The van der Waals surface area contributed by atoms with Crippen molar-refractivity contribution in [2.24, 2.45) is 4.99 Å². The monoisotopic (exact) mass is 466 g/mol. The number of aliphatic imine (C=N–C) groups is 1. The number of aryl methyl sites for hydroxylation is 1. The zero-order valence-electron chi connectivity index (χ0n) is 15.9. The van der Waals surface area contributed by atoms with Crippen molar-refractivity contribution in [3.8, 4) is 0 Å². The van der Waals surface area contributed by atoms with Gasteiger partial charge in [-0.1, -0.05) is 6.92 Å². The summed E-state index contributed by atoms with van der Waals surface area (Å²) in [6.07, 6.45) is 3.49. The Balaban J connectivity index is 0.00000529. The summed E-state index contributed by atoms with van der Waals surface area (Å²) in [5, 5.41) is 6.76. The molecule has 4 nitrogen and oxygen atoms in total. The van der Waals surface area contributed by atoms with Crippen molar-refractivity contribution < 1.29 is 0 Å². The maximum absolute atomic E-state index is 4.69. The molecule has 0 bridgehead atoms. The average molecular weight is 466 g/mol. The van der Waals surface area contributed by atoms with E-state index in [2.05, 4.69) is 67.4 Å². The van der Waals surface area contributed by atoms with Crippen molar-refractivity contribution in [1.82, 2.24) is 15.5 Å². The fourth-order valence-electron chi connectivity index (χ4n) is 2.15. The molecular weight excluding hydrogens is 431 g/mol. The minimum absolute atomic E-state index is 0. The Morgan fingerprint density at radius 2 is 1.88 bits per heavy atom. The lowest BCUT2D eigenvalue weighted by molar-refractivity contribution is 0.268. The van der Waals surface area contributed by atoms with Gasteiger partial charge in [-0.15, -0.1) is 35.3 Å². The number of nitrogens with zero attached hydrogens (tertiary/aromatic N) is 2. The van der Waals surface area contributed by atoms with Gasteiger partial charge in [-0.25, -0.2) is 4.99 Å². The molecule has 0 aliphatic heterocycles. The molecule has 140 valence electrons. The first-order chi connectivity index (χ1) is 11.1. The van der Waals surface area contributed by atoms with E-state index in [-0.39, 0.29) is 24.0 Å². The van der Waals surface area contributed by atoms with Crippen molar-refractivity contribution in [2.75, 3.05) is 26.7 Å². The van der Waals surface area contributed by atoms with Gasteiger partial charge in [0.1, 0.15) is 0 Å². The Kier molecular flexibility index (Phi) is 13.7. The third kappa shape index (κ3) is 9.84. The number of hydrogen-bond donors (Lipinski definition) is 2. The summed E-state index contributed by atoms with van der Waals surface area (Å²) in [5.41, 5.74) is 0. The standard InChI is InChI=1S/C18H34N4S.HI/c1-6-16-10-11-17(23-16)14-21-18(19-7-2)20-12-8-9-13-22(5)15(3)4;/h10-11,15H,6-9,12-14H2,1-5H3,(H2,19,20,21);1H. The van der Waals surface area contributed by atoms with Crippen LogP contribution in [0.25, 0.3) is 0 Å². The summed E-state index contributed by atoms with van der Waals surface area (Å²) in [7, 11) is 2.19. The lowest BCUT2D eigenvalue weighted by atomic mass is 10.2. The molecule has 0 atom stereocenters. The van der Waals surface area contributed by atoms with Gasteiger partial charge in [0, 0.05) is 28.9 Å². The fraction of sp³-hybridized carbons (Fsp3) is 0.722. The van der Waals surface area contributed by atoms with Crippen molar-refractivity contribution in [2.45, 2.75) is 59.5 Å². The number of nitrogens with one attached hydrogen (secondary N) is 2. The minimum Gasteiger partial charge on any atom is -0.357 e. The van der Waals surface area contributed by atoms with Crippen LogP contribution < -0.4 is 10.6 Å². The molecule has 0 fully saturated rings. The molecule has 0 aliphatic carbocycles. The highest BCUT2D eigenvalue weighted by atomic mass is 127. The van der Waals surface area contributed by atoms with Crippen molar-refractivity contribution in [3.05, 3.63) is 21.9 Å². The van der Waals surface area contributed by atoms with E-state index in [9.17, 15) is 0 Å². The summed E-state index contributed by atoms with van der Waals surface area (Å²) in [6, 6.07) is 5.03. The number of hydrogen-bond acceptors (Lipinski definition) is 3. The molecule has 0 amide bonds. The summed E-state index contributed by atoms with van der Waals surface area (Å²) in [4.78, 5) is 9.84. The van der Waals surface area contributed by atoms with Crippen LogP contribution in [0, 0.1) is 0 Å². The maximum atomic E-state index is 4.69. The second kappa shape index (κ2) is 13.9. The van der Waals surface area contributed by atoms with E-state index in [4.69, 9.17) is 0 Å². The molecule has 0 saturated carbocycles. The first-order valence-electron chi connectivity index (χ1n) is 8.86. The van der Waals surface area contributed by atoms with E-state index in [1.54, 1.807) is 0 Å². The van der Waals surface area contributed by atoms with E-state index in [0.717, 1.165) is 38.6 Å². The van der Waals surface area contributed by atoms with E-state index >= 15 is 0 Å². The summed E-state index contributed by atoms with van der Waals surface area (Å²) in [6.45, 7) is 12.6. The van der Waals surface area contributed by atoms with Gasteiger partial charge in [0.25, 0.3) is 0 Å². The smallest absolute Gasteiger partial charge is 0.191 e. The molecule has 6 heteroatoms. The van der Waals surface area contributed by atoms with Gasteiger partial charge in [0.15, 0.2) is 5.96 Å². The summed E-state index contributed by atoms with van der Waals surface area (Å²) < 4.78 is 0. The molecule has 0 aromatic carbocycles. The molecule has 1 heterocycles. The van der Waals surface area contributed by atoms with E-state index < -0.39 is 0 Å². The molecule has 0 saturated heterocycles. The average Bonchev–Trinajstić information content (AvgIpc) is 2.99. The first-order valence-corrected chi connectivity index (χ1v) is 9.68. The van der Waals surface area contributed by atoms with Crippen LogP contribution in [-0.2, 0) is 13.0 Å². The Bertz CT molecular complexity index is 460. The van der Waals surface area contributed by atoms with Crippen LogP contribution in [0.5, 0.6) is 0 Å². The van der Waals surface area contributed by atoms with E-state index in [1.807, 2.05) is 11.3 Å². The second-order valence-corrected chi connectivity index (χ2v) is 7.38. The summed E-state index contributed by atoms with van der Waals surface area (Å²) >= 11 is 1.86. The highest BCUT2D eigenvalue weighted by molar-refractivity contribution is 14.0. The highest BCUT2D eigenvalue weighted by Crippen LogP contribution is 2.17. The van der Waals surface area contributed by atoms with Crippen LogP contribution in [0.2, 0.25) is 0 Å². The number of guanidine groups is 1. The van der Waals surface area contributed by atoms with Gasteiger partial charge in [0.2, 0.25) is 0 Å². The van der Waals surface area contributed by atoms with Crippen molar-refractivity contribution in [3.63, 3.8) is 0 Å². The lowest BCUT2D eigenvalue weighted by Gasteiger charge is -2.20. The molecule has 2 N–H and O–H groups in total. The molecule has 0 aliphatic rings. The number of rotatable bonds is 10. The SMILES string of the molecule is CCNC(=NCc1ccc(CC)s1)NCCCCN(C)C(C)C.I. The summed E-state index contributed by atoms with van der Waals surface area (Å²) in [5.74, 6) is 0.927. The number of thiophene rings is 1. The molecule has 0 spiro atoms. The largest absolute Gasteiger partial charge is 0.357 e. The van der Waals surface area contributed by atoms with Crippen LogP contribution in [0.1, 0.15) is 50.3 Å². The van der Waals surface area contributed by atoms with Crippen LogP contribution >= 0.6 is 35.3 Å². The van der Waals surface area contributed by atoms with Crippen LogP contribution in [-0.4, -0.2) is 43.6 Å². The van der Waals surface area contributed by atoms with Crippen LogP contribution in [0.3, 0.4) is 0 Å². The Morgan fingerprint density at radius 3 is 2.46 bits per heavy atom. The maximum Gasteiger partial charge on any atom is 0.191 e. The first kappa shape index (κ1) is 23.7. The number of unbranched alkanes of at least 4 members (excludes halogenated alkanes) is 1. The number of halogens is 1. The Labute approximate surface area is 169 Å². The van der Waals surface area contributed by atoms with Gasteiger partial charge in [-0.2, -0.15) is 0 Å². The topological polar surface area (TPSA) is 39.7 Å². The van der Waals surface area contributed by atoms with Crippen molar-refractivity contribution in [1.29, 1.82) is 0 Å². The van der Waals surface area contributed by atoms with Gasteiger partial charge < -0.3 is 15.5 Å². The normalized spacial score (nSPS) is 11.7. The van der Waals surface area contributed by atoms with Crippen molar-refractivity contribution >= 4 is 41.3 Å². The highest BCUT2D eigenvalue weighted by Gasteiger charge is 2.03. The van der Waals surface area contributed by atoms with Gasteiger partial charge in [0.05, 0.1) is 6.54 Å². The molecule has 1 aromatic heterocycles. The quantitative estimate of drug-likeness (QED) is 0.236. The van der Waals surface area contributed by atoms with Gasteiger partial charge >= 0.3 is 0 Å². The van der Waals surface area contributed by atoms with Gasteiger partial charge in [-0.05, 0) is 65.8 Å². The molecule has 0 unspecified atom stereocenters. The third-order valence-electron chi connectivity index (χ3n) is 3.91. The van der Waals surface area contributed by atoms with Gasteiger partial charge in [-0.3, -0.25) is 0 Å². The van der Waals surface area contributed by atoms with E-state index in [0.29, 0.717) is 6.04 Å². The zero-order chi connectivity index (χ0) is 17.1. The van der Waals surface area contributed by atoms with Crippen LogP contribution in [0.4, 0.5) is 0 Å². The molecule has 0 radical (unpaired) electrons. The lowest BCUT2D eigenvalue weighted by Crippen LogP contribution is -2.38. The predicted molar refractivity (Wildman–Crippen MR) is 119 cm³/mol.